The van der Waals surface area contributed by atoms with E-state index in [2.05, 4.69) is 20.9 Å². The topological polar surface area (TPSA) is 116 Å². The molecule has 2 aromatic carbocycles. The summed E-state index contributed by atoms with van der Waals surface area (Å²) >= 11 is 4.64. The second-order valence-electron chi connectivity index (χ2n) is 8.14. The van der Waals surface area contributed by atoms with Crippen LogP contribution in [-0.2, 0) is 14.3 Å². The van der Waals surface area contributed by atoms with Gasteiger partial charge in [0, 0.05) is 0 Å². The molecule has 11 heteroatoms. The number of aliphatic carboxylic acids is 1. The Kier molecular flexibility index (Phi) is 8.48. The van der Waals surface area contributed by atoms with Crippen molar-refractivity contribution in [2.45, 2.75) is 26.3 Å². The van der Waals surface area contributed by atoms with E-state index in [0.29, 0.717) is 49.4 Å². The number of carbonyl (C=O) groups is 2. The van der Waals surface area contributed by atoms with Crippen LogP contribution in [-0.4, -0.2) is 41.9 Å². The van der Waals surface area contributed by atoms with Gasteiger partial charge in [0.05, 0.1) is 40.0 Å². The molecule has 0 spiro atoms. The zero-order valence-corrected chi connectivity index (χ0v) is 23.3. The van der Waals surface area contributed by atoms with Gasteiger partial charge in [0.15, 0.2) is 22.9 Å². The van der Waals surface area contributed by atoms with Gasteiger partial charge in [-0.3, -0.25) is 9.36 Å². The zero-order valence-electron chi connectivity index (χ0n) is 20.9. The second kappa shape index (κ2) is 11.8. The Labute approximate surface area is 230 Å². The number of esters is 1. The summed E-state index contributed by atoms with van der Waals surface area (Å²) in [4.78, 5) is 42.8. The van der Waals surface area contributed by atoms with Crippen LogP contribution in [0.25, 0.3) is 6.08 Å². The summed E-state index contributed by atoms with van der Waals surface area (Å²) in [6.45, 7) is 3.50. The molecule has 3 aromatic rings. The molecule has 0 fully saturated rings. The summed E-state index contributed by atoms with van der Waals surface area (Å²) in [7, 11) is 1.31. The van der Waals surface area contributed by atoms with Gasteiger partial charge in [-0.05, 0) is 58.6 Å². The zero-order chi connectivity index (χ0) is 27.4. The Morgan fingerprint density at radius 2 is 1.92 bits per heavy atom. The lowest BCUT2D eigenvalue weighted by molar-refractivity contribution is -0.139. The monoisotopic (exact) mass is 600 g/mol. The van der Waals surface area contributed by atoms with E-state index >= 15 is 0 Å². The fourth-order valence-corrected chi connectivity index (χ4v) is 5.77. The van der Waals surface area contributed by atoms with E-state index in [9.17, 15) is 14.4 Å². The quantitative estimate of drug-likeness (QED) is 0.374. The van der Waals surface area contributed by atoms with Crippen LogP contribution in [0.3, 0.4) is 0 Å². The van der Waals surface area contributed by atoms with Gasteiger partial charge in [0.25, 0.3) is 5.56 Å². The largest absolute Gasteiger partial charge is 0.490 e. The Hall–Kier alpha value is -3.70. The van der Waals surface area contributed by atoms with Gasteiger partial charge in [-0.2, -0.15) is 0 Å². The average molecular weight is 601 g/mol. The van der Waals surface area contributed by atoms with Gasteiger partial charge in [0.1, 0.15) is 0 Å². The molecule has 198 valence electrons. The van der Waals surface area contributed by atoms with Crippen LogP contribution in [0.4, 0.5) is 0 Å². The maximum atomic E-state index is 13.8. The van der Waals surface area contributed by atoms with Crippen LogP contribution in [0.15, 0.2) is 68.0 Å². The van der Waals surface area contributed by atoms with Crippen molar-refractivity contribution in [1.82, 2.24) is 4.57 Å². The number of nitrogens with zero attached hydrogens (tertiary/aromatic N) is 2. The minimum absolute atomic E-state index is 0.257. The highest BCUT2D eigenvalue weighted by Gasteiger charge is 2.33. The van der Waals surface area contributed by atoms with Crippen molar-refractivity contribution >= 4 is 45.3 Å². The summed E-state index contributed by atoms with van der Waals surface area (Å²) in [6, 6.07) is 12.0. The summed E-state index contributed by atoms with van der Waals surface area (Å²) in [5, 5.41) is 8.99. The fraction of sp³-hybridized carbons (Fsp3) is 0.259. The number of hydrogen-bond acceptors (Lipinski definition) is 8. The lowest BCUT2D eigenvalue weighted by Gasteiger charge is -2.25. The summed E-state index contributed by atoms with van der Waals surface area (Å²) in [5.74, 6) is -1.05. The molecule has 2 heterocycles. The molecular weight excluding hydrogens is 576 g/mol. The van der Waals surface area contributed by atoms with Crippen LogP contribution in [0.2, 0.25) is 0 Å². The fourth-order valence-electron chi connectivity index (χ4n) is 4.17. The Bertz CT molecular complexity index is 1590. The third kappa shape index (κ3) is 5.44. The van der Waals surface area contributed by atoms with Crippen LogP contribution in [0.1, 0.15) is 37.4 Å². The minimum Gasteiger partial charge on any atom is -0.490 e. The molecule has 1 aliphatic rings. The number of carbonyl (C=O) groups excluding carboxylic acids is 1. The highest BCUT2D eigenvalue weighted by molar-refractivity contribution is 9.10. The molecule has 0 amide bonds. The molecule has 38 heavy (non-hydrogen) atoms. The molecule has 0 radical (unpaired) electrons. The number of hydrogen-bond donors (Lipinski definition) is 1. The predicted molar refractivity (Wildman–Crippen MR) is 145 cm³/mol. The Balaban J connectivity index is 1.90. The summed E-state index contributed by atoms with van der Waals surface area (Å²) in [5.41, 5.74) is 2.00. The number of ether oxygens (including phenoxy) is 3. The van der Waals surface area contributed by atoms with Crippen molar-refractivity contribution in [3.8, 4) is 11.5 Å². The highest BCUT2D eigenvalue weighted by atomic mass is 79.9. The molecule has 0 unspecified atom stereocenters. The number of carboxylic acid groups (broad SMARTS) is 1. The van der Waals surface area contributed by atoms with Crippen molar-refractivity contribution in [3.05, 3.63) is 89.0 Å². The molecule has 0 aliphatic carbocycles. The van der Waals surface area contributed by atoms with Crippen molar-refractivity contribution in [3.63, 3.8) is 0 Å². The molecule has 9 nitrogen and oxygen atoms in total. The number of rotatable bonds is 9. The molecule has 1 atom stereocenters. The first-order valence-corrected chi connectivity index (χ1v) is 13.4. The normalized spacial score (nSPS) is 15.1. The van der Waals surface area contributed by atoms with E-state index in [1.165, 1.54) is 23.0 Å². The van der Waals surface area contributed by atoms with Crippen LogP contribution in [0, 0.1) is 0 Å². The van der Waals surface area contributed by atoms with E-state index < -0.39 is 24.6 Å². The van der Waals surface area contributed by atoms with Crippen LogP contribution < -0.4 is 24.4 Å². The van der Waals surface area contributed by atoms with E-state index in [-0.39, 0.29) is 11.3 Å². The predicted octanol–water partition coefficient (Wildman–Crippen LogP) is 3.42. The first-order chi connectivity index (χ1) is 18.3. The van der Waals surface area contributed by atoms with Crippen molar-refractivity contribution < 1.29 is 28.9 Å². The molecule has 1 N–H and O–H groups in total. The van der Waals surface area contributed by atoms with E-state index in [0.717, 1.165) is 5.56 Å². The van der Waals surface area contributed by atoms with Crippen molar-refractivity contribution in [2.75, 3.05) is 20.3 Å². The lowest BCUT2D eigenvalue weighted by atomic mass is 9.95. The number of methoxy groups -OCH3 is 1. The van der Waals surface area contributed by atoms with E-state index in [1.54, 1.807) is 25.1 Å². The molecule has 1 aromatic heterocycles. The SMILES string of the molecule is CCOc1cc(/C=c2\sc3n(c2=O)[C@H](c2ccccc2)C(C(=O)OC)=C(CC)N=3)cc(Br)c1OCC(=O)O. The summed E-state index contributed by atoms with van der Waals surface area (Å²) in [6.07, 6.45) is 2.19. The van der Waals surface area contributed by atoms with Crippen LogP contribution >= 0.6 is 27.3 Å². The highest BCUT2D eigenvalue weighted by Crippen LogP contribution is 2.37. The molecule has 0 saturated carbocycles. The Morgan fingerprint density at radius 3 is 2.55 bits per heavy atom. The smallest absolute Gasteiger partial charge is 0.341 e. The van der Waals surface area contributed by atoms with Gasteiger partial charge < -0.3 is 19.3 Å². The number of carboxylic acids is 1. The van der Waals surface area contributed by atoms with Gasteiger partial charge in [-0.25, -0.2) is 14.6 Å². The number of fused-ring (bicyclic) bond motifs is 1. The van der Waals surface area contributed by atoms with Gasteiger partial charge in [-0.15, -0.1) is 0 Å². The average Bonchev–Trinajstić information content (AvgIpc) is 3.21. The maximum absolute atomic E-state index is 13.8. The third-order valence-electron chi connectivity index (χ3n) is 5.74. The molecule has 4 rings (SSSR count). The number of aromatic nitrogens is 1. The van der Waals surface area contributed by atoms with Gasteiger partial charge in [0.2, 0.25) is 0 Å². The molecule has 1 aliphatic heterocycles. The first kappa shape index (κ1) is 27.3. The second-order valence-corrected chi connectivity index (χ2v) is 10.0. The number of thiazole rings is 1. The van der Waals surface area contributed by atoms with Crippen molar-refractivity contribution in [2.24, 2.45) is 4.99 Å². The van der Waals surface area contributed by atoms with Crippen LogP contribution in [0.5, 0.6) is 11.5 Å². The van der Waals surface area contributed by atoms with Crippen molar-refractivity contribution in [1.29, 1.82) is 0 Å². The molecular formula is C27H25BrN2O7S. The minimum atomic E-state index is -1.12. The standard InChI is InChI=1S/C27H25BrN2O7S/c1-4-18-22(26(34)35-3)23(16-9-7-6-8-10-16)30-25(33)20(38-27(30)29-18)13-15-11-17(28)24(37-14-21(31)32)19(12-15)36-5-2/h6-13,23H,4-5,14H2,1-3H3,(H,31,32)/b20-13-/t23-/m1/s1. The Morgan fingerprint density at radius 1 is 1.18 bits per heavy atom. The number of allylic oxidation sites excluding steroid dienone is 1. The third-order valence-corrected chi connectivity index (χ3v) is 7.31. The summed E-state index contributed by atoms with van der Waals surface area (Å²) < 4.78 is 18.6. The van der Waals surface area contributed by atoms with Gasteiger partial charge >= 0.3 is 11.9 Å². The number of halogens is 1. The first-order valence-electron chi connectivity index (χ1n) is 11.8. The maximum Gasteiger partial charge on any atom is 0.341 e. The number of benzene rings is 2. The van der Waals surface area contributed by atoms with E-state index in [1.807, 2.05) is 37.3 Å². The molecule has 0 saturated heterocycles. The lowest BCUT2D eigenvalue weighted by Crippen LogP contribution is -2.40. The molecule has 0 bridgehead atoms. The van der Waals surface area contributed by atoms with E-state index in [4.69, 9.17) is 19.3 Å². The van der Waals surface area contributed by atoms with Gasteiger partial charge in [-0.1, -0.05) is 48.6 Å².